The standard InChI is InChI=1S/C10H12ClN/c11-8-10-5-2-1-4-9(10)6-3-7-12/h1-6H,7-8,12H2. The Labute approximate surface area is 77.8 Å². The lowest BCUT2D eigenvalue weighted by Gasteiger charge is -1.99. The zero-order valence-electron chi connectivity index (χ0n) is 6.83. The predicted octanol–water partition coefficient (Wildman–Crippen LogP) is 2.40. The lowest BCUT2D eigenvalue weighted by Crippen LogP contribution is -1.92. The maximum absolute atomic E-state index is 5.75. The smallest absolute Gasteiger partial charge is 0.0479 e. The summed E-state index contributed by atoms with van der Waals surface area (Å²) in [6.07, 6.45) is 3.92. The second-order valence-corrected chi connectivity index (χ2v) is 2.74. The van der Waals surface area contributed by atoms with E-state index in [0.717, 1.165) is 11.1 Å². The molecule has 1 aromatic rings. The fraction of sp³-hybridized carbons (Fsp3) is 0.200. The summed E-state index contributed by atoms with van der Waals surface area (Å²) >= 11 is 5.75. The van der Waals surface area contributed by atoms with Crippen LogP contribution in [-0.2, 0) is 5.88 Å². The van der Waals surface area contributed by atoms with Crippen LogP contribution in [0.1, 0.15) is 11.1 Å². The molecule has 0 radical (unpaired) electrons. The van der Waals surface area contributed by atoms with E-state index in [4.69, 9.17) is 17.3 Å². The van der Waals surface area contributed by atoms with Gasteiger partial charge in [0.15, 0.2) is 0 Å². The van der Waals surface area contributed by atoms with Crippen molar-refractivity contribution >= 4 is 17.7 Å². The number of benzene rings is 1. The zero-order valence-corrected chi connectivity index (χ0v) is 7.59. The molecule has 0 spiro atoms. The Balaban J connectivity index is 2.89. The first-order valence-electron chi connectivity index (χ1n) is 3.89. The average molecular weight is 182 g/mol. The summed E-state index contributed by atoms with van der Waals surface area (Å²) in [6.45, 7) is 0.566. The first-order valence-corrected chi connectivity index (χ1v) is 4.42. The lowest BCUT2D eigenvalue weighted by molar-refractivity contribution is 1.26. The second kappa shape index (κ2) is 4.96. The Morgan fingerprint density at radius 1 is 1.33 bits per heavy atom. The molecular weight excluding hydrogens is 170 g/mol. The van der Waals surface area contributed by atoms with Crippen molar-refractivity contribution in [2.75, 3.05) is 6.54 Å². The van der Waals surface area contributed by atoms with Crippen molar-refractivity contribution in [3.05, 3.63) is 41.5 Å². The van der Waals surface area contributed by atoms with E-state index < -0.39 is 0 Å². The first kappa shape index (κ1) is 9.30. The highest BCUT2D eigenvalue weighted by molar-refractivity contribution is 6.17. The van der Waals surface area contributed by atoms with Crippen molar-refractivity contribution < 1.29 is 0 Å². The molecule has 64 valence electrons. The molecule has 0 amide bonds. The Morgan fingerprint density at radius 2 is 2.08 bits per heavy atom. The van der Waals surface area contributed by atoms with Crippen LogP contribution < -0.4 is 5.73 Å². The minimum atomic E-state index is 0.547. The maximum atomic E-state index is 5.75. The molecular formula is C10H12ClN. The third kappa shape index (κ3) is 2.36. The van der Waals surface area contributed by atoms with E-state index in [9.17, 15) is 0 Å². The molecule has 2 heteroatoms. The number of alkyl halides is 1. The molecule has 0 saturated carbocycles. The summed E-state index contributed by atoms with van der Waals surface area (Å²) in [7, 11) is 0. The van der Waals surface area contributed by atoms with Crippen molar-refractivity contribution in [2.45, 2.75) is 5.88 Å². The highest BCUT2D eigenvalue weighted by Crippen LogP contribution is 2.12. The Bertz CT molecular complexity index is 268. The fourth-order valence-corrected chi connectivity index (χ4v) is 1.26. The van der Waals surface area contributed by atoms with Gasteiger partial charge >= 0.3 is 0 Å². The molecule has 1 nitrogen and oxygen atoms in total. The normalized spacial score (nSPS) is 10.8. The molecule has 0 aliphatic carbocycles. The second-order valence-electron chi connectivity index (χ2n) is 2.47. The van der Waals surface area contributed by atoms with Gasteiger partial charge in [-0.25, -0.2) is 0 Å². The third-order valence-electron chi connectivity index (χ3n) is 1.63. The van der Waals surface area contributed by atoms with Crippen LogP contribution in [0.2, 0.25) is 0 Å². The van der Waals surface area contributed by atoms with E-state index in [1.54, 1.807) is 0 Å². The van der Waals surface area contributed by atoms with Gasteiger partial charge in [-0.05, 0) is 11.1 Å². The van der Waals surface area contributed by atoms with Crippen LogP contribution in [0, 0.1) is 0 Å². The summed E-state index contributed by atoms with van der Waals surface area (Å²) in [4.78, 5) is 0. The number of rotatable bonds is 3. The largest absolute Gasteiger partial charge is 0.327 e. The number of nitrogens with two attached hydrogens (primary N) is 1. The number of halogens is 1. The van der Waals surface area contributed by atoms with E-state index in [1.807, 2.05) is 36.4 Å². The maximum Gasteiger partial charge on any atom is 0.0479 e. The van der Waals surface area contributed by atoms with Crippen LogP contribution in [-0.4, -0.2) is 6.54 Å². The van der Waals surface area contributed by atoms with Crippen LogP contribution in [0.25, 0.3) is 6.08 Å². The van der Waals surface area contributed by atoms with Gasteiger partial charge in [-0.1, -0.05) is 36.4 Å². The van der Waals surface area contributed by atoms with Crippen LogP contribution >= 0.6 is 11.6 Å². The summed E-state index contributed by atoms with van der Waals surface area (Å²) in [5.41, 5.74) is 7.64. The number of hydrogen-bond donors (Lipinski definition) is 1. The molecule has 12 heavy (non-hydrogen) atoms. The minimum absolute atomic E-state index is 0.547. The van der Waals surface area contributed by atoms with Gasteiger partial charge < -0.3 is 5.73 Å². The van der Waals surface area contributed by atoms with Crippen LogP contribution in [0.4, 0.5) is 0 Å². The highest BCUT2D eigenvalue weighted by atomic mass is 35.5. The molecule has 0 fully saturated rings. The van der Waals surface area contributed by atoms with Gasteiger partial charge in [0, 0.05) is 12.4 Å². The molecule has 0 bridgehead atoms. The van der Waals surface area contributed by atoms with Crippen molar-refractivity contribution in [3.63, 3.8) is 0 Å². The Kier molecular flexibility index (Phi) is 3.85. The van der Waals surface area contributed by atoms with Gasteiger partial charge in [0.1, 0.15) is 0 Å². The molecule has 0 aliphatic heterocycles. The fourth-order valence-electron chi connectivity index (χ4n) is 1.01. The lowest BCUT2D eigenvalue weighted by atomic mass is 10.1. The topological polar surface area (TPSA) is 26.0 Å². The average Bonchev–Trinajstić information content (AvgIpc) is 2.15. The Hall–Kier alpha value is -0.790. The molecule has 0 aromatic heterocycles. The van der Waals surface area contributed by atoms with Crippen LogP contribution in [0.15, 0.2) is 30.3 Å². The predicted molar refractivity (Wildman–Crippen MR) is 54.1 cm³/mol. The minimum Gasteiger partial charge on any atom is -0.327 e. The van der Waals surface area contributed by atoms with E-state index in [2.05, 4.69) is 0 Å². The molecule has 1 rings (SSSR count). The van der Waals surface area contributed by atoms with E-state index in [1.165, 1.54) is 0 Å². The van der Waals surface area contributed by atoms with Crippen LogP contribution in [0.3, 0.4) is 0 Å². The molecule has 2 N–H and O–H groups in total. The monoisotopic (exact) mass is 181 g/mol. The molecule has 0 heterocycles. The van der Waals surface area contributed by atoms with Crippen molar-refractivity contribution in [2.24, 2.45) is 5.73 Å². The first-order chi connectivity index (χ1) is 5.88. The highest BCUT2D eigenvalue weighted by Gasteiger charge is 1.94. The van der Waals surface area contributed by atoms with Crippen molar-refractivity contribution in [3.8, 4) is 0 Å². The van der Waals surface area contributed by atoms with Gasteiger partial charge in [0.2, 0.25) is 0 Å². The Morgan fingerprint density at radius 3 is 2.75 bits per heavy atom. The van der Waals surface area contributed by atoms with E-state index in [0.29, 0.717) is 12.4 Å². The summed E-state index contributed by atoms with van der Waals surface area (Å²) in [6, 6.07) is 8.02. The molecule has 0 saturated heterocycles. The molecule has 0 atom stereocenters. The third-order valence-corrected chi connectivity index (χ3v) is 1.92. The SMILES string of the molecule is NCC=Cc1ccccc1CCl. The van der Waals surface area contributed by atoms with E-state index >= 15 is 0 Å². The molecule has 0 unspecified atom stereocenters. The quantitative estimate of drug-likeness (QED) is 0.713. The van der Waals surface area contributed by atoms with Gasteiger partial charge in [-0.15, -0.1) is 11.6 Å². The summed E-state index contributed by atoms with van der Waals surface area (Å²) in [5.74, 6) is 0.547. The van der Waals surface area contributed by atoms with E-state index in [-0.39, 0.29) is 0 Å². The van der Waals surface area contributed by atoms with Crippen molar-refractivity contribution in [1.29, 1.82) is 0 Å². The van der Waals surface area contributed by atoms with Gasteiger partial charge in [0.25, 0.3) is 0 Å². The summed E-state index contributed by atoms with van der Waals surface area (Å²) in [5, 5.41) is 0. The van der Waals surface area contributed by atoms with Crippen LogP contribution in [0.5, 0.6) is 0 Å². The molecule has 1 aromatic carbocycles. The number of hydrogen-bond acceptors (Lipinski definition) is 1. The van der Waals surface area contributed by atoms with Gasteiger partial charge in [-0.2, -0.15) is 0 Å². The molecule has 0 aliphatic rings. The summed E-state index contributed by atoms with van der Waals surface area (Å²) < 4.78 is 0. The zero-order chi connectivity index (χ0) is 8.81. The van der Waals surface area contributed by atoms with Crippen molar-refractivity contribution in [1.82, 2.24) is 0 Å². The van der Waals surface area contributed by atoms with Gasteiger partial charge in [-0.3, -0.25) is 0 Å². The van der Waals surface area contributed by atoms with Gasteiger partial charge in [0.05, 0.1) is 0 Å².